The Labute approximate surface area is 172 Å². The highest BCUT2D eigenvalue weighted by molar-refractivity contribution is 5.89. The number of ether oxygens (including phenoxy) is 1. The van der Waals surface area contributed by atoms with Crippen LogP contribution in [-0.4, -0.2) is 48.4 Å². The Morgan fingerprint density at radius 1 is 1.14 bits per heavy atom. The Morgan fingerprint density at radius 3 is 2.79 bits per heavy atom. The number of carbonyl (C=O) groups excluding carboxylic acids is 3. The number of hydrogen-bond acceptors (Lipinski definition) is 4. The molecule has 1 aromatic carbocycles. The van der Waals surface area contributed by atoms with E-state index in [4.69, 9.17) is 4.74 Å². The van der Waals surface area contributed by atoms with Gasteiger partial charge in [0.05, 0.1) is 6.61 Å². The summed E-state index contributed by atoms with van der Waals surface area (Å²) in [6.07, 6.45) is 3.24. The van der Waals surface area contributed by atoms with Gasteiger partial charge in [-0.1, -0.05) is 6.07 Å². The van der Waals surface area contributed by atoms with E-state index in [1.54, 1.807) is 6.92 Å². The van der Waals surface area contributed by atoms with Crippen molar-refractivity contribution < 1.29 is 19.1 Å². The number of aryl methyl sites for hydroxylation is 1. The second kappa shape index (κ2) is 9.76. The summed E-state index contributed by atoms with van der Waals surface area (Å²) in [6.45, 7) is 6.09. The first kappa shape index (κ1) is 21.1. The Bertz CT molecular complexity index is 764. The Kier molecular flexibility index (Phi) is 7.12. The fraction of sp³-hybridized carbons (Fsp3) is 0.591. The van der Waals surface area contributed by atoms with Crippen LogP contribution in [0.25, 0.3) is 0 Å². The molecule has 158 valence electrons. The largest absolute Gasteiger partial charge is 0.494 e. The quantitative estimate of drug-likeness (QED) is 0.695. The van der Waals surface area contributed by atoms with Crippen molar-refractivity contribution in [2.45, 2.75) is 58.5 Å². The number of benzene rings is 1. The van der Waals surface area contributed by atoms with Crippen molar-refractivity contribution >= 4 is 17.7 Å². The third-order valence-corrected chi connectivity index (χ3v) is 5.78. The van der Waals surface area contributed by atoms with Crippen LogP contribution in [0.15, 0.2) is 18.2 Å². The zero-order valence-electron chi connectivity index (χ0n) is 17.3. The molecular formula is C22H31N3O4. The zero-order chi connectivity index (χ0) is 20.8. The molecule has 29 heavy (non-hydrogen) atoms. The summed E-state index contributed by atoms with van der Waals surface area (Å²) in [7, 11) is 0. The zero-order valence-corrected chi connectivity index (χ0v) is 17.3. The molecule has 1 fully saturated rings. The van der Waals surface area contributed by atoms with Crippen molar-refractivity contribution in [1.29, 1.82) is 0 Å². The lowest BCUT2D eigenvalue weighted by atomic mass is 9.95. The van der Waals surface area contributed by atoms with Gasteiger partial charge in [-0.2, -0.15) is 0 Å². The predicted molar refractivity (Wildman–Crippen MR) is 109 cm³/mol. The van der Waals surface area contributed by atoms with E-state index in [0.717, 1.165) is 49.2 Å². The number of nitrogens with one attached hydrogen (secondary N) is 2. The van der Waals surface area contributed by atoms with Crippen LogP contribution in [0.1, 0.15) is 50.2 Å². The maximum Gasteiger partial charge on any atom is 0.242 e. The topological polar surface area (TPSA) is 87.7 Å². The van der Waals surface area contributed by atoms with Gasteiger partial charge in [0.2, 0.25) is 17.7 Å². The summed E-state index contributed by atoms with van der Waals surface area (Å²) in [5, 5.41) is 5.55. The summed E-state index contributed by atoms with van der Waals surface area (Å²) >= 11 is 0. The van der Waals surface area contributed by atoms with Crippen LogP contribution in [0, 0.1) is 12.8 Å². The molecule has 3 amide bonds. The average molecular weight is 402 g/mol. The van der Waals surface area contributed by atoms with E-state index in [9.17, 15) is 14.4 Å². The molecule has 3 rings (SSSR count). The molecule has 4 bridgehead atoms. The van der Waals surface area contributed by atoms with Crippen molar-refractivity contribution in [2.24, 2.45) is 5.92 Å². The smallest absolute Gasteiger partial charge is 0.242 e. The van der Waals surface area contributed by atoms with Crippen LogP contribution >= 0.6 is 0 Å². The lowest BCUT2D eigenvalue weighted by Gasteiger charge is -2.33. The van der Waals surface area contributed by atoms with Crippen LogP contribution in [-0.2, 0) is 20.9 Å². The van der Waals surface area contributed by atoms with E-state index in [1.165, 1.54) is 0 Å². The molecule has 2 aliphatic rings. The lowest BCUT2D eigenvalue weighted by Crippen LogP contribution is -2.45. The maximum absolute atomic E-state index is 12.5. The number of rotatable bonds is 0. The van der Waals surface area contributed by atoms with Crippen molar-refractivity contribution in [1.82, 2.24) is 15.5 Å². The van der Waals surface area contributed by atoms with E-state index in [2.05, 4.69) is 10.6 Å². The molecule has 7 heteroatoms. The maximum atomic E-state index is 12.5. The van der Waals surface area contributed by atoms with Crippen LogP contribution < -0.4 is 15.4 Å². The van der Waals surface area contributed by atoms with E-state index in [-0.39, 0.29) is 30.6 Å². The van der Waals surface area contributed by atoms with Gasteiger partial charge < -0.3 is 20.3 Å². The van der Waals surface area contributed by atoms with E-state index < -0.39 is 6.04 Å². The second-order valence-electron chi connectivity index (χ2n) is 8.08. The molecule has 7 nitrogen and oxygen atoms in total. The minimum Gasteiger partial charge on any atom is -0.494 e. The monoisotopic (exact) mass is 401 g/mol. The number of amides is 3. The van der Waals surface area contributed by atoms with Gasteiger partial charge in [0.1, 0.15) is 11.8 Å². The molecule has 0 saturated carbocycles. The normalized spacial score (nSPS) is 24.6. The molecular weight excluding hydrogens is 370 g/mol. The average Bonchev–Trinajstić information content (AvgIpc) is 2.71. The van der Waals surface area contributed by atoms with Gasteiger partial charge in [0.25, 0.3) is 0 Å². The number of hydrogen-bond donors (Lipinski definition) is 2. The summed E-state index contributed by atoms with van der Waals surface area (Å²) in [4.78, 5) is 38.9. The molecule has 0 aliphatic carbocycles. The molecule has 1 unspecified atom stereocenters. The molecule has 2 heterocycles. The number of nitrogens with zero attached hydrogens (tertiary/aromatic N) is 1. The third kappa shape index (κ3) is 5.95. The molecule has 0 aromatic heterocycles. The van der Waals surface area contributed by atoms with E-state index in [1.807, 2.05) is 30.0 Å². The van der Waals surface area contributed by atoms with Crippen LogP contribution in [0.2, 0.25) is 0 Å². The highest BCUT2D eigenvalue weighted by atomic mass is 16.5. The van der Waals surface area contributed by atoms with Crippen molar-refractivity contribution in [2.75, 3.05) is 19.7 Å². The van der Waals surface area contributed by atoms with Crippen LogP contribution in [0.5, 0.6) is 5.75 Å². The summed E-state index contributed by atoms with van der Waals surface area (Å²) < 4.78 is 5.95. The van der Waals surface area contributed by atoms with E-state index >= 15 is 0 Å². The third-order valence-electron chi connectivity index (χ3n) is 5.78. The van der Waals surface area contributed by atoms with Crippen molar-refractivity contribution in [3.8, 4) is 5.75 Å². The summed E-state index contributed by atoms with van der Waals surface area (Å²) in [5.74, 6) is 0.681. The van der Waals surface area contributed by atoms with Crippen molar-refractivity contribution in [3.63, 3.8) is 0 Å². The first-order valence-electron chi connectivity index (χ1n) is 10.5. The molecule has 0 spiro atoms. The van der Waals surface area contributed by atoms with Crippen LogP contribution in [0.3, 0.4) is 0 Å². The standard InChI is InChI=1S/C22H31N3O4/c1-15-5-6-19-12-18(15)13-23-22(28)16(2)24-20(26)7-8-21(27)25-10-3-4-17(14-25)9-11-29-19/h5-6,12,16-17H,3-4,7-11,13-14H2,1-2H3,(H,23,28)(H,24,26)/t16-,17?/m0/s1. The Morgan fingerprint density at radius 2 is 1.97 bits per heavy atom. The lowest BCUT2D eigenvalue weighted by molar-refractivity contribution is -0.135. The minimum atomic E-state index is -0.657. The SMILES string of the molecule is Cc1ccc2cc1CNC(=O)[C@H](C)NC(=O)CCC(=O)N1CCCC(CCO2)C1. The van der Waals surface area contributed by atoms with Gasteiger partial charge >= 0.3 is 0 Å². The Hall–Kier alpha value is -2.57. The van der Waals surface area contributed by atoms with E-state index in [0.29, 0.717) is 19.1 Å². The number of carbonyl (C=O) groups is 3. The summed E-state index contributed by atoms with van der Waals surface area (Å²) in [6, 6.07) is 5.23. The molecule has 1 aromatic rings. The van der Waals surface area contributed by atoms with Gasteiger partial charge in [0, 0.05) is 32.5 Å². The van der Waals surface area contributed by atoms with Crippen LogP contribution in [0.4, 0.5) is 0 Å². The second-order valence-corrected chi connectivity index (χ2v) is 8.08. The predicted octanol–water partition coefficient (Wildman–Crippen LogP) is 1.92. The first-order valence-corrected chi connectivity index (χ1v) is 10.5. The fourth-order valence-electron chi connectivity index (χ4n) is 3.89. The first-order chi connectivity index (χ1) is 13.9. The highest BCUT2D eigenvalue weighted by Crippen LogP contribution is 2.22. The molecule has 2 N–H and O–H groups in total. The molecule has 0 radical (unpaired) electrons. The van der Waals surface area contributed by atoms with Gasteiger partial charge in [-0.3, -0.25) is 14.4 Å². The number of piperidine rings is 1. The van der Waals surface area contributed by atoms with Gasteiger partial charge in [-0.05, 0) is 62.3 Å². The number of fused-ring (bicyclic) bond motifs is 4. The van der Waals surface area contributed by atoms with Gasteiger partial charge in [0.15, 0.2) is 0 Å². The molecule has 1 saturated heterocycles. The highest BCUT2D eigenvalue weighted by Gasteiger charge is 2.24. The molecule has 2 aliphatic heterocycles. The van der Waals surface area contributed by atoms with Crippen molar-refractivity contribution in [3.05, 3.63) is 29.3 Å². The fourth-order valence-corrected chi connectivity index (χ4v) is 3.89. The van der Waals surface area contributed by atoms with Gasteiger partial charge in [-0.15, -0.1) is 0 Å². The summed E-state index contributed by atoms with van der Waals surface area (Å²) in [5.41, 5.74) is 2.06. The van der Waals surface area contributed by atoms with Gasteiger partial charge in [-0.25, -0.2) is 0 Å². The molecule has 2 atom stereocenters. The Balaban J connectivity index is 1.73. The minimum absolute atomic E-state index is 0.00663.